The number of nitrogens with one attached hydrogen (secondary N) is 2. The van der Waals surface area contributed by atoms with Crippen molar-refractivity contribution in [1.82, 2.24) is 24.9 Å². The number of aliphatic imine (C=N–C) groups is 1. The van der Waals surface area contributed by atoms with Crippen LogP contribution < -0.4 is 15.4 Å². The average Bonchev–Trinajstić information content (AvgIpc) is 3.49. The van der Waals surface area contributed by atoms with Crippen LogP contribution in [0.3, 0.4) is 0 Å². The van der Waals surface area contributed by atoms with Crippen LogP contribution >= 0.6 is 0 Å². The lowest BCUT2D eigenvalue weighted by atomic mass is 10.0. The fraction of sp³-hybridized carbons (Fsp3) is 0.114. The van der Waals surface area contributed by atoms with Crippen molar-refractivity contribution in [2.75, 3.05) is 11.9 Å². The quantitative estimate of drug-likeness (QED) is 0.234. The van der Waals surface area contributed by atoms with E-state index in [-0.39, 0.29) is 24.9 Å². The Bertz CT molecular complexity index is 1990. The minimum absolute atomic E-state index is 0.188. The minimum atomic E-state index is -0.479. The van der Waals surface area contributed by atoms with Crippen LogP contribution in [0.2, 0.25) is 0 Å². The third kappa shape index (κ3) is 5.85. The van der Waals surface area contributed by atoms with E-state index in [1.807, 2.05) is 98.0 Å². The van der Waals surface area contributed by atoms with Gasteiger partial charge in [-0.3, -0.25) is 4.79 Å². The predicted molar refractivity (Wildman–Crippen MR) is 171 cm³/mol. The SMILES string of the molecule is CC1CNC(=O)c2cnn3cc(-c4ccc(N=C(c5ccccc5)c5ccccc5)cc4)c(nc23)NCc2cc(F)cnc2O1. The number of rotatable bonds is 4. The first-order valence-corrected chi connectivity index (χ1v) is 14.5. The van der Waals surface area contributed by atoms with E-state index < -0.39 is 11.9 Å². The first-order valence-electron chi connectivity index (χ1n) is 14.5. The number of halogens is 1. The normalized spacial score (nSPS) is 14.6. The molecule has 1 unspecified atom stereocenters. The molecule has 1 aliphatic heterocycles. The molecule has 6 aromatic rings. The number of carbonyl (C=O) groups excluding carboxylic acids is 1. The Labute approximate surface area is 258 Å². The lowest BCUT2D eigenvalue weighted by Crippen LogP contribution is -2.33. The standard InChI is InChI=1S/C35H28FN7O2/c1-22-17-38-34(44)29-20-40-43-21-30(32(42-33(29)43)37-18-26-16-27(36)19-39-35(26)45-22)23-12-14-28(15-13-23)41-31(24-8-4-2-5-9-24)25-10-6-3-7-11-25/h2-16,19-22H,17-18H2,1H3,(H,37,42)(H,38,44). The molecule has 1 aliphatic rings. The van der Waals surface area contributed by atoms with E-state index in [4.69, 9.17) is 14.7 Å². The van der Waals surface area contributed by atoms with E-state index in [1.165, 1.54) is 12.3 Å². The molecule has 0 aliphatic carbocycles. The predicted octanol–water partition coefficient (Wildman–Crippen LogP) is 6.22. The van der Waals surface area contributed by atoms with Crippen molar-refractivity contribution in [3.05, 3.63) is 138 Å². The first-order chi connectivity index (χ1) is 22.0. The minimum Gasteiger partial charge on any atom is -0.473 e. The van der Waals surface area contributed by atoms with Gasteiger partial charge in [-0.05, 0) is 30.7 Å². The fourth-order valence-corrected chi connectivity index (χ4v) is 5.19. The van der Waals surface area contributed by atoms with Gasteiger partial charge >= 0.3 is 0 Å². The second-order valence-electron chi connectivity index (χ2n) is 10.7. The van der Waals surface area contributed by atoms with E-state index >= 15 is 0 Å². The smallest absolute Gasteiger partial charge is 0.256 e. The molecule has 9 nitrogen and oxygen atoms in total. The lowest BCUT2D eigenvalue weighted by molar-refractivity contribution is 0.0932. The van der Waals surface area contributed by atoms with Crippen molar-refractivity contribution in [3.8, 4) is 17.0 Å². The third-order valence-corrected chi connectivity index (χ3v) is 7.45. The molecular formula is C35H28FN7O2. The molecule has 0 saturated heterocycles. The van der Waals surface area contributed by atoms with Crippen LogP contribution in [0.5, 0.6) is 5.88 Å². The summed E-state index contributed by atoms with van der Waals surface area (Å²) in [5, 5.41) is 10.6. The number of amides is 1. The highest BCUT2D eigenvalue weighted by atomic mass is 19.1. The summed E-state index contributed by atoms with van der Waals surface area (Å²) in [6, 6.07) is 29.4. The van der Waals surface area contributed by atoms with Gasteiger partial charge in [-0.1, -0.05) is 72.8 Å². The molecule has 2 N–H and O–H groups in total. The molecule has 1 atom stereocenters. The van der Waals surface area contributed by atoms with Crippen molar-refractivity contribution in [2.24, 2.45) is 4.99 Å². The molecular weight excluding hydrogens is 569 g/mol. The highest BCUT2D eigenvalue weighted by Gasteiger charge is 2.21. The Hall–Kier alpha value is -5.90. The van der Waals surface area contributed by atoms with Crippen molar-refractivity contribution in [3.63, 3.8) is 0 Å². The van der Waals surface area contributed by atoms with Gasteiger partial charge in [0.1, 0.15) is 23.3 Å². The van der Waals surface area contributed by atoms with Crippen LogP contribution in [-0.4, -0.2) is 43.8 Å². The fourth-order valence-electron chi connectivity index (χ4n) is 5.19. The molecule has 222 valence electrons. The number of benzene rings is 3. The van der Waals surface area contributed by atoms with Crippen molar-refractivity contribution < 1.29 is 13.9 Å². The van der Waals surface area contributed by atoms with Gasteiger partial charge in [-0.25, -0.2) is 23.9 Å². The van der Waals surface area contributed by atoms with Crippen LogP contribution in [0.25, 0.3) is 16.8 Å². The van der Waals surface area contributed by atoms with Gasteiger partial charge in [-0.2, -0.15) is 5.10 Å². The second kappa shape index (κ2) is 12.0. The van der Waals surface area contributed by atoms with Crippen LogP contribution in [0.4, 0.5) is 15.9 Å². The maximum atomic E-state index is 14.2. The summed E-state index contributed by atoms with van der Waals surface area (Å²) in [4.78, 5) is 27.1. The largest absolute Gasteiger partial charge is 0.473 e. The Balaban J connectivity index is 1.29. The Kier molecular flexibility index (Phi) is 7.44. The first kappa shape index (κ1) is 27.9. The third-order valence-electron chi connectivity index (χ3n) is 7.45. The van der Waals surface area contributed by atoms with E-state index in [9.17, 15) is 9.18 Å². The molecule has 7 rings (SSSR count). The molecule has 0 spiro atoms. The van der Waals surface area contributed by atoms with Gasteiger partial charge in [0.25, 0.3) is 5.91 Å². The Morgan fingerprint density at radius 2 is 1.64 bits per heavy atom. The van der Waals surface area contributed by atoms with Crippen LogP contribution in [0, 0.1) is 5.82 Å². The molecule has 0 saturated carbocycles. The van der Waals surface area contributed by atoms with Gasteiger partial charge < -0.3 is 15.4 Å². The summed E-state index contributed by atoms with van der Waals surface area (Å²) < 4.78 is 21.8. The zero-order valence-electron chi connectivity index (χ0n) is 24.3. The summed E-state index contributed by atoms with van der Waals surface area (Å²) in [6.45, 7) is 2.22. The Morgan fingerprint density at radius 3 is 2.36 bits per heavy atom. The highest BCUT2D eigenvalue weighted by molar-refractivity contribution is 6.14. The molecule has 45 heavy (non-hydrogen) atoms. The molecule has 4 heterocycles. The summed E-state index contributed by atoms with van der Waals surface area (Å²) in [6.07, 6.45) is 4.02. The lowest BCUT2D eigenvalue weighted by Gasteiger charge is -2.17. The average molecular weight is 598 g/mol. The van der Waals surface area contributed by atoms with Gasteiger partial charge in [0.2, 0.25) is 5.88 Å². The Morgan fingerprint density at radius 1 is 0.933 bits per heavy atom. The molecule has 3 aromatic heterocycles. The monoisotopic (exact) mass is 597 g/mol. The van der Waals surface area contributed by atoms with E-state index in [1.54, 1.807) is 4.52 Å². The zero-order chi connectivity index (χ0) is 30.8. The molecule has 0 radical (unpaired) electrons. The van der Waals surface area contributed by atoms with Crippen molar-refractivity contribution >= 4 is 28.8 Å². The number of nitrogens with zero attached hydrogens (tertiary/aromatic N) is 5. The molecule has 2 bridgehead atoms. The maximum Gasteiger partial charge on any atom is 0.256 e. The highest BCUT2D eigenvalue weighted by Crippen LogP contribution is 2.31. The van der Waals surface area contributed by atoms with Crippen LogP contribution in [-0.2, 0) is 6.54 Å². The van der Waals surface area contributed by atoms with Crippen molar-refractivity contribution in [1.29, 1.82) is 0 Å². The summed E-state index contributed by atoms with van der Waals surface area (Å²) in [7, 11) is 0. The molecule has 1 amide bonds. The topological polar surface area (TPSA) is 106 Å². The van der Waals surface area contributed by atoms with Gasteiger partial charge in [0, 0.05) is 35.0 Å². The van der Waals surface area contributed by atoms with Crippen molar-refractivity contribution in [2.45, 2.75) is 19.6 Å². The number of fused-ring (bicyclic) bond motifs is 2. The number of aromatic nitrogens is 4. The summed E-state index contributed by atoms with van der Waals surface area (Å²) in [5.41, 5.74) is 6.50. The number of anilines is 1. The number of carbonyl (C=O) groups is 1. The number of pyridine rings is 1. The summed E-state index contributed by atoms with van der Waals surface area (Å²) >= 11 is 0. The second-order valence-corrected chi connectivity index (χ2v) is 10.7. The van der Waals surface area contributed by atoms with E-state index in [0.717, 1.165) is 39.8 Å². The molecule has 0 fully saturated rings. The zero-order valence-corrected chi connectivity index (χ0v) is 24.3. The van der Waals surface area contributed by atoms with E-state index in [0.29, 0.717) is 22.6 Å². The molecule has 10 heteroatoms. The van der Waals surface area contributed by atoms with Gasteiger partial charge in [0.05, 0.1) is 30.3 Å². The maximum absolute atomic E-state index is 14.2. The van der Waals surface area contributed by atoms with Gasteiger partial charge in [-0.15, -0.1) is 0 Å². The van der Waals surface area contributed by atoms with Crippen LogP contribution in [0.1, 0.15) is 34.0 Å². The van der Waals surface area contributed by atoms with E-state index in [2.05, 4.69) is 20.7 Å². The molecule has 3 aromatic carbocycles. The summed E-state index contributed by atoms with van der Waals surface area (Å²) in [5.74, 6) is -0.0314. The number of hydrogen-bond acceptors (Lipinski definition) is 7. The number of ether oxygens (including phenoxy) is 1. The number of hydrogen-bond donors (Lipinski definition) is 2. The van der Waals surface area contributed by atoms with Crippen LogP contribution in [0.15, 0.2) is 115 Å². The van der Waals surface area contributed by atoms with Gasteiger partial charge in [0.15, 0.2) is 5.65 Å².